The van der Waals surface area contributed by atoms with Gasteiger partial charge < -0.3 is 16.0 Å². The molecule has 3 aromatic rings. The van der Waals surface area contributed by atoms with Gasteiger partial charge in [-0.1, -0.05) is 0 Å². The van der Waals surface area contributed by atoms with Crippen LogP contribution in [0, 0.1) is 6.92 Å². The second-order valence-corrected chi connectivity index (χ2v) is 5.97. The molecule has 0 spiro atoms. The summed E-state index contributed by atoms with van der Waals surface area (Å²) < 4.78 is 0. The van der Waals surface area contributed by atoms with Crippen LogP contribution in [0.1, 0.15) is 22.8 Å². The standard InChI is InChI=1S/C20H20N6O2/c1-3-21-19(28)16-6-5-15(10-13(16)2)25-20-22-9-8-17(26-20)14-4-7-18(23-11-14)24-12-27/h4-12H,3H2,1-2H3,(H,21,28)(H,22,25,26)(H,23,24,27). The summed E-state index contributed by atoms with van der Waals surface area (Å²) in [4.78, 5) is 35.4. The Morgan fingerprint density at radius 2 is 2.00 bits per heavy atom. The molecule has 28 heavy (non-hydrogen) atoms. The van der Waals surface area contributed by atoms with E-state index in [9.17, 15) is 9.59 Å². The normalized spacial score (nSPS) is 10.2. The van der Waals surface area contributed by atoms with E-state index in [-0.39, 0.29) is 5.91 Å². The average molecular weight is 376 g/mol. The molecule has 2 amide bonds. The van der Waals surface area contributed by atoms with E-state index in [1.807, 2.05) is 32.0 Å². The smallest absolute Gasteiger partial charge is 0.251 e. The van der Waals surface area contributed by atoms with E-state index in [2.05, 4.69) is 30.9 Å². The van der Waals surface area contributed by atoms with Crippen molar-refractivity contribution in [3.05, 3.63) is 59.9 Å². The number of nitrogens with zero attached hydrogens (tertiary/aromatic N) is 3. The Labute approximate surface area is 162 Å². The van der Waals surface area contributed by atoms with Crippen LogP contribution >= 0.6 is 0 Å². The number of benzene rings is 1. The molecule has 3 N–H and O–H groups in total. The number of carbonyl (C=O) groups excluding carboxylic acids is 2. The molecule has 142 valence electrons. The van der Waals surface area contributed by atoms with Crippen LogP contribution in [-0.2, 0) is 4.79 Å². The molecule has 1 aromatic carbocycles. The first-order chi connectivity index (χ1) is 13.6. The van der Waals surface area contributed by atoms with Gasteiger partial charge >= 0.3 is 0 Å². The van der Waals surface area contributed by atoms with Crippen LogP contribution in [0.4, 0.5) is 17.5 Å². The summed E-state index contributed by atoms with van der Waals surface area (Å²) >= 11 is 0. The van der Waals surface area contributed by atoms with E-state index in [1.54, 1.807) is 30.6 Å². The summed E-state index contributed by atoms with van der Waals surface area (Å²) in [5.74, 6) is 0.802. The van der Waals surface area contributed by atoms with Crippen LogP contribution in [0.2, 0.25) is 0 Å². The molecule has 0 saturated heterocycles. The van der Waals surface area contributed by atoms with Crippen LogP contribution in [0.15, 0.2) is 48.8 Å². The fraction of sp³-hybridized carbons (Fsp3) is 0.150. The molecule has 8 nitrogen and oxygen atoms in total. The van der Waals surface area contributed by atoms with E-state index >= 15 is 0 Å². The number of pyridine rings is 1. The molecule has 0 aliphatic carbocycles. The predicted octanol–water partition coefficient (Wildman–Crippen LogP) is 2.91. The Morgan fingerprint density at radius 1 is 1.14 bits per heavy atom. The van der Waals surface area contributed by atoms with Crippen LogP contribution in [0.25, 0.3) is 11.3 Å². The van der Waals surface area contributed by atoms with Crippen LogP contribution in [-0.4, -0.2) is 33.8 Å². The molecule has 0 aliphatic heterocycles. The van der Waals surface area contributed by atoms with Crippen LogP contribution < -0.4 is 16.0 Å². The fourth-order valence-electron chi connectivity index (χ4n) is 2.65. The number of carbonyl (C=O) groups is 2. The maximum absolute atomic E-state index is 12.0. The Bertz CT molecular complexity index is 988. The Morgan fingerprint density at radius 3 is 2.68 bits per heavy atom. The van der Waals surface area contributed by atoms with E-state index in [0.29, 0.717) is 36.0 Å². The minimum atomic E-state index is -0.0928. The molecule has 0 unspecified atom stereocenters. The molecule has 0 saturated carbocycles. The van der Waals surface area contributed by atoms with Crippen molar-refractivity contribution >= 4 is 29.8 Å². The first kappa shape index (κ1) is 19.0. The molecule has 8 heteroatoms. The highest BCUT2D eigenvalue weighted by Crippen LogP contribution is 2.21. The lowest BCUT2D eigenvalue weighted by Crippen LogP contribution is -2.23. The summed E-state index contributed by atoms with van der Waals surface area (Å²) in [6.07, 6.45) is 3.86. The first-order valence-electron chi connectivity index (χ1n) is 8.76. The SMILES string of the molecule is CCNC(=O)c1ccc(Nc2nccc(-c3ccc(NC=O)nc3)n2)cc1C. The molecule has 0 aliphatic rings. The molecule has 3 rings (SSSR count). The second-order valence-electron chi connectivity index (χ2n) is 5.97. The molecule has 0 fully saturated rings. The van der Waals surface area contributed by atoms with Gasteiger partial charge in [-0.3, -0.25) is 9.59 Å². The number of rotatable bonds is 7. The zero-order chi connectivity index (χ0) is 19.9. The number of hydrogen-bond donors (Lipinski definition) is 3. The van der Waals surface area contributed by atoms with Crippen molar-refractivity contribution in [2.75, 3.05) is 17.2 Å². The topological polar surface area (TPSA) is 109 Å². The summed E-state index contributed by atoms with van der Waals surface area (Å²) in [7, 11) is 0. The molecule has 0 radical (unpaired) electrons. The third-order valence-corrected chi connectivity index (χ3v) is 3.99. The van der Waals surface area contributed by atoms with Gasteiger partial charge in [-0.2, -0.15) is 0 Å². The Balaban J connectivity index is 1.78. The third kappa shape index (κ3) is 4.47. The first-order valence-corrected chi connectivity index (χ1v) is 8.76. The number of anilines is 3. The number of hydrogen-bond acceptors (Lipinski definition) is 6. The fourth-order valence-corrected chi connectivity index (χ4v) is 2.65. The lowest BCUT2D eigenvalue weighted by Gasteiger charge is -2.10. The molecular formula is C20H20N6O2. The molecule has 0 atom stereocenters. The minimum absolute atomic E-state index is 0.0928. The zero-order valence-electron chi connectivity index (χ0n) is 15.6. The van der Waals surface area contributed by atoms with Gasteiger partial charge in [-0.15, -0.1) is 0 Å². The lowest BCUT2D eigenvalue weighted by molar-refractivity contribution is -0.105. The van der Waals surface area contributed by atoms with E-state index in [0.717, 1.165) is 16.8 Å². The van der Waals surface area contributed by atoms with Crippen molar-refractivity contribution in [3.63, 3.8) is 0 Å². The molecule has 0 bridgehead atoms. The summed E-state index contributed by atoms with van der Waals surface area (Å²) in [6.45, 7) is 4.35. The van der Waals surface area contributed by atoms with Gasteiger partial charge in [0.05, 0.1) is 5.69 Å². The van der Waals surface area contributed by atoms with Crippen molar-refractivity contribution in [1.82, 2.24) is 20.3 Å². The lowest BCUT2D eigenvalue weighted by atomic mass is 10.1. The monoisotopic (exact) mass is 376 g/mol. The second kappa shape index (κ2) is 8.72. The highest BCUT2D eigenvalue weighted by Gasteiger charge is 2.09. The van der Waals surface area contributed by atoms with Gasteiger partial charge in [-0.25, -0.2) is 15.0 Å². The average Bonchev–Trinajstić information content (AvgIpc) is 2.69. The van der Waals surface area contributed by atoms with Crippen molar-refractivity contribution in [1.29, 1.82) is 0 Å². The van der Waals surface area contributed by atoms with Crippen molar-refractivity contribution < 1.29 is 9.59 Å². The van der Waals surface area contributed by atoms with E-state index in [1.165, 1.54) is 0 Å². The number of amides is 2. The highest BCUT2D eigenvalue weighted by atomic mass is 16.1. The predicted molar refractivity (Wildman–Crippen MR) is 107 cm³/mol. The van der Waals surface area contributed by atoms with Crippen molar-refractivity contribution in [2.45, 2.75) is 13.8 Å². The van der Waals surface area contributed by atoms with Gasteiger partial charge in [0, 0.05) is 35.8 Å². The zero-order valence-corrected chi connectivity index (χ0v) is 15.6. The summed E-state index contributed by atoms with van der Waals surface area (Å²) in [6, 6.07) is 10.8. The quantitative estimate of drug-likeness (QED) is 0.547. The summed E-state index contributed by atoms with van der Waals surface area (Å²) in [5.41, 5.74) is 3.76. The summed E-state index contributed by atoms with van der Waals surface area (Å²) in [5, 5.41) is 8.44. The van der Waals surface area contributed by atoms with E-state index < -0.39 is 0 Å². The Kier molecular flexibility index (Phi) is 5.91. The largest absolute Gasteiger partial charge is 0.352 e. The highest BCUT2D eigenvalue weighted by molar-refractivity contribution is 5.96. The van der Waals surface area contributed by atoms with Crippen molar-refractivity contribution in [3.8, 4) is 11.3 Å². The van der Waals surface area contributed by atoms with Crippen LogP contribution in [0.5, 0.6) is 0 Å². The number of aromatic nitrogens is 3. The van der Waals surface area contributed by atoms with E-state index in [4.69, 9.17) is 0 Å². The minimum Gasteiger partial charge on any atom is -0.352 e. The third-order valence-electron chi connectivity index (χ3n) is 3.99. The van der Waals surface area contributed by atoms with Crippen LogP contribution in [0.3, 0.4) is 0 Å². The molecular weight excluding hydrogens is 356 g/mol. The number of aryl methyl sites for hydroxylation is 1. The van der Waals surface area contributed by atoms with Crippen molar-refractivity contribution in [2.24, 2.45) is 0 Å². The molecule has 2 heterocycles. The van der Waals surface area contributed by atoms with Gasteiger partial charge in [0.1, 0.15) is 5.82 Å². The maximum Gasteiger partial charge on any atom is 0.251 e. The molecule has 2 aromatic heterocycles. The van der Waals surface area contributed by atoms with Gasteiger partial charge in [0.15, 0.2) is 0 Å². The van der Waals surface area contributed by atoms with Gasteiger partial charge in [-0.05, 0) is 55.8 Å². The Hall–Kier alpha value is -3.81. The van der Waals surface area contributed by atoms with Gasteiger partial charge in [0.25, 0.3) is 5.91 Å². The number of nitrogens with one attached hydrogen (secondary N) is 3. The maximum atomic E-state index is 12.0. The van der Waals surface area contributed by atoms with Gasteiger partial charge in [0.2, 0.25) is 12.4 Å².